The van der Waals surface area contributed by atoms with Gasteiger partial charge in [0, 0.05) is 0 Å². The first-order valence-corrected chi connectivity index (χ1v) is 4.38. The van der Waals surface area contributed by atoms with Crippen molar-refractivity contribution >= 4 is 0 Å². The molecule has 1 N–H and O–H groups in total. The zero-order valence-electron chi connectivity index (χ0n) is 6.92. The second-order valence-electron chi connectivity index (χ2n) is 3.26. The monoisotopic (exact) mass is 152 g/mol. The molecule has 0 amide bonds. The molecule has 1 fully saturated rings. The van der Waals surface area contributed by atoms with Crippen molar-refractivity contribution in [2.24, 2.45) is 5.92 Å². The third kappa shape index (κ3) is 2.53. The van der Waals surface area contributed by atoms with Crippen molar-refractivity contribution in [3.8, 4) is 0 Å². The fraction of sp³-hybridized carbons (Fsp3) is 0.700. The van der Waals surface area contributed by atoms with Crippen LogP contribution < -0.4 is 0 Å². The molecule has 1 atom stereocenters. The molecule has 0 spiro atoms. The third-order valence-corrected chi connectivity index (χ3v) is 2.42. The van der Waals surface area contributed by atoms with Gasteiger partial charge in [-0.25, -0.2) is 0 Å². The summed E-state index contributed by atoms with van der Waals surface area (Å²) in [6, 6.07) is 0. The smallest absolute Gasteiger partial charge is 0.0822 e. The van der Waals surface area contributed by atoms with Gasteiger partial charge in [0.05, 0.1) is 6.10 Å². The highest BCUT2D eigenvalue weighted by Crippen LogP contribution is 2.26. The summed E-state index contributed by atoms with van der Waals surface area (Å²) in [4.78, 5) is 0. The maximum absolute atomic E-state index is 9.52. The summed E-state index contributed by atoms with van der Waals surface area (Å²) in [5.41, 5.74) is 2.64. The quantitative estimate of drug-likeness (QED) is 0.602. The minimum Gasteiger partial charge on any atom is -0.388 e. The molecule has 62 valence electrons. The van der Waals surface area contributed by atoms with Gasteiger partial charge in [0.1, 0.15) is 0 Å². The van der Waals surface area contributed by atoms with E-state index in [1.54, 1.807) is 6.08 Å². The normalized spacial score (nSPS) is 22.3. The number of hydrogen-bond donors (Lipinski definition) is 1. The highest BCUT2D eigenvalue weighted by Gasteiger charge is 2.18. The molecule has 0 aliphatic heterocycles. The fourth-order valence-electron chi connectivity index (χ4n) is 1.73. The largest absolute Gasteiger partial charge is 0.388 e. The second kappa shape index (κ2) is 4.38. The molecular weight excluding hydrogens is 136 g/mol. The molecule has 0 heterocycles. The lowest BCUT2D eigenvalue weighted by molar-refractivity contribution is 0.125. The van der Waals surface area contributed by atoms with Crippen LogP contribution in [0.25, 0.3) is 0 Å². The highest BCUT2D eigenvalue weighted by atomic mass is 16.3. The van der Waals surface area contributed by atoms with Gasteiger partial charge in [-0.2, -0.15) is 0 Å². The topological polar surface area (TPSA) is 20.2 Å². The third-order valence-electron chi connectivity index (χ3n) is 2.42. The molecule has 1 heteroatoms. The summed E-state index contributed by atoms with van der Waals surface area (Å²) in [5.74, 6) is 0.470. The van der Waals surface area contributed by atoms with Crippen molar-refractivity contribution in [3.05, 3.63) is 18.4 Å². The van der Waals surface area contributed by atoms with Gasteiger partial charge in [-0.3, -0.25) is 0 Å². The van der Waals surface area contributed by atoms with Gasteiger partial charge >= 0.3 is 0 Å². The van der Waals surface area contributed by atoms with Gasteiger partial charge in [-0.1, -0.05) is 25.8 Å². The van der Waals surface area contributed by atoms with Crippen LogP contribution in [-0.2, 0) is 0 Å². The average Bonchev–Trinajstić information content (AvgIpc) is 2.07. The predicted octanol–water partition coefficient (Wildman–Crippen LogP) is 2.27. The number of aliphatic hydroxyl groups is 1. The Morgan fingerprint density at radius 1 is 1.36 bits per heavy atom. The maximum atomic E-state index is 9.52. The SMILES string of the molecule is C=C=C[C@H](O)C1CCCCC1. The molecule has 0 radical (unpaired) electrons. The van der Waals surface area contributed by atoms with Crippen LogP contribution in [0.5, 0.6) is 0 Å². The van der Waals surface area contributed by atoms with Crippen LogP contribution in [0.3, 0.4) is 0 Å². The van der Waals surface area contributed by atoms with E-state index in [-0.39, 0.29) is 6.10 Å². The van der Waals surface area contributed by atoms with Crippen LogP contribution in [0.4, 0.5) is 0 Å². The van der Waals surface area contributed by atoms with Crippen LogP contribution in [0.1, 0.15) is 32.1 Å². The summed E-state index contributed by atoms with van der Waals surface area (Å²) >= 11 is 0. The van der Waals surface area contributed by atoms with E-state index in [1.165, 1.54) is 32.1 Å². The van der Waals surface area contributed by atoms with E-state index in [9.17, 15) is 5.11 Å². The summed E-state index contributed by atoms with van der Waals surface area (Å²) in [5, 5.41) is 9.52. The van der Waals surface area contributed by atoms with Crippen LogP contribution in [-0.4, -0.2) is 11.2 Å². The molecule has 1 nitrogen and oxygen atoms in total. The number of rotatable bonds is 2. The summed E-state index contributed by atoms with van der Waals surface area (Å²) in [6.45, 7) is 3.45. The molecule has 1 aliphatic carbocycles. The number of aliphatic hydroxyl groups excluding tert-OH is 1. The van der Waals surface area contributed by atoms with E-state index < -0.39 is 0 Å². The van der Waals surface area contributed by atoms with E-state index in [0.717, 1.165) is 0 Å². The molecule has 11 heavy (non-hydrogen) atoms. The molecule has 1 rings (SSSR count). The van der Waals surface area contributed by atoms with E-state index >= 15 is 0 Å². The van der Waals surface area contributed by atoms with Gasteiger partial charge in [0.25, 0.3) is 0 Å². The first-order valence-electron chi connectivity index (χ1n) is 4.38. The summed E-state index contributed by atoms with van der Waals surface area (Å²) in [7, 11) is 0. The Morgan fingerprint density at radius 3 is 2.55 bits per heavy atom. The van der Waals surface area contributed by atoms with Crippen molar-refractivity contribution in [1.29, 1.82) is 0 Å². The van der Waals surface area contributed by atoms with Gasteiger partial charge in [0.15, 0.2) is 0 Å². The molecule has 0 aromatic carbocycles. The van der Waals surface area contributed by atoms with Gasteiger partial charge < -0.3 is 5.11 Å². The van der Waals surface area contributed by atoms with Crippen molar-refractivity contribution in [3.63, 3.8) is 0 Å². The number of hydrogen-bond acceptors (Lipinski definition) is 1. The Labute approximate surface area is 68.4 Å². The van der Waals surface area contributed by atoms with Crippen LogP contribution in [0.15, 0.2) is 18.4 Å². The van der Waals surface area contributed by atoms with E-state index in [2.05, 4.69) is 12.3 Å². The molecule has 0 bridgehead atoms. The van der Waals surface area contributed by atoms with Gasteiger partial charge in [-0.15, -0.1) is 5.73 Å². The molecule has 0 aromatic rings. The first-order chi connectivity index (χ1) is 5.34. The predicted molar refractivity (Wildman–Crippen MR) is 46.3 cm³/mol. The first kappa shape index (κ1) is 8.58. The molecular formula is C10H16O. The molecule has 0 saturated heterocycles. The van der Waals surface area contributed by atoms with Crippen LogP contribution in [0.2, 0.25) is 0 Å². The van der Waals surface area contributed by atoms with E-state index in [1.807, 2.05) is 0 Å². The van der Waals surface area contributed by atoms with Crippen LogP contribution >= 0.6 is 0 Å². The zero-order valence-corrected chi connectivity index (χ0v) is 6.92. The van der Waals surface area contributed by atoms with Crippen LogP contribution in [0, 0.1) is 5.92 Å². The Hall–Kier alpha value is -0.520. The van der Waals surface area contributed by atoms with E-state index in [0.29, 0.717) is 5.92 Å². The van der Waals surface area contributed by atoms with Crippen molar-refractivity contribution in [2.45, 2.75) is 38.2 Å². The minimum absolute atomic E-state index is 0.298. The Balaban J connectivity index is 2.38. The lowest BCUT2D eigenvalue weighted by Gasteiger charge is -2.23. The standard InChI is InChI=1S/C10H16O/c1-2-6-10(11)9-7-4-3-5-8-9/h6,9-11H,1,3-5,7-8H2/t10-/m0/s1. The fourth-order valence-corrected chi connectivity index (χ4v) is 1.73. The Kier molecular flexibility index (Phi) is 3.41. The van der Waals surface area contributed by atoms with Gasteiger partial charge in [-0.05, 0) is 24.8 Å². The van der Waals surface area contributed by atoms with Crippen molar-refractivity contribution in [1.82, 2.24) is 0 Å². The second-order valence-corrected chi connectivity index (χ2v) is 3.26. The maximum Gasteiger partial charge on any atom is 0.0822 e. The molecule has 0 unspecified atom stereocenters. The molecule has 1 saturated carbocycles. The summed E-state index contributed by atoms with van der Waals surface area (Å²) < 4.78 is 0. The lowest BCUT2D eigenvalue weighted by atomic mass is 9.85. The minimum atomic E-state index is -0.298. The molecule has 0 aromatic heterocycles. The van der Waals surface area contributed by atoms with Crippen molar-refractivity contribution < 1.29 is 5.11 Å². The lowest BCUT2D eigenvalue weighted by Crippen LogP contribution is -2.20. The Morgan fingerprint density at radius 2 is 2.00 bits per heavy atom. The molecule has 1 aliphatic rings. The van der Waals surface area contributed by atoms with E-state index in [4.69, 9.17) is 0 Å². The van der Waals surface area contributed by atoms with Crippen molar-refractivity contribution in [2.75, 3.05) is 0 Å². The van der Waals surface area contributed by atoms with Gasteiger partial charge in [0.2, 0.25) is 0 Å². The zero-order chi connectivity index (χ0) is 8.10. The Bertz CT molecular complexity index is 150. The highest BCUT2D eigenvalue weighted by molar-refractivity contribution is 4.89. The average molecular weight is 152 g/mol. The summed E-state index contributed by atoms with van der Waals surface area (Å²) in [6.07, 6.45) is 7.59.